The van der Waals surface area contributed by atoms with Crippen molar-refractivity contribution in [3.8, 4) is 0 Å². The van der Waals surface area contributed by atoms with Crippen LogP contribution in [0.3, 0.4) is 0 Å². The molecule has 1 aromatic heterocycles. The molecule has 20 heavy (non-hydrogen) atoms. The molecule has 0 aliphatic heterocycles. The molecule has 2 aromatic carbocycles. The van der Waals surface area contributed by atoms with Gasteiger partial charge in [0, 0.05) is 4.90 Å². The third kappa shape index (κ3) is 2.56. The molecular formula is C16H12O3S. The number of hydrogen-bond donors (Lipinski definition) is 0. The van der Waals surface area contributed by atoms with Gasteiger partial charge in [-0.25, -0.2) is 0 Å². The monoisotopic (exact) mass is 284 g/mol. The summed E-state index contributed by atoms with van der Waals surface area (Å²) < 4.78 is 17.6. The average Bonchev–Trinajstić information content (AvgIpc) is 2.94. The third-order valence-corrected chi connectivity index (χ3v) is 4.38. The molecule has 100 valence electrons. The first kappa shape index (κ1) is 12.8. The third-order valence-electron chi connectivity index (χ3n) is 3.06. The van der Waals surface area contributed by atoms with Gasteiger partial charge in [0.15, 0.2) is 12.0 Å². The van der Waals surface area contributed by atoms with Gasteiger partial charge in [0.05, 0.1) is 16.6 Å². The zero-order valence-electron chi connectivity index (χ0n) is 10.6. The van der Waals surface area contributed by atoms with Gasteiger partial charge in [-0.1, -0.05) is 30.3 Å². The fourth-order valence-corrected chi connectivity index (χ4v) is 3.12. The smallest absolute Gasteiger partial charge is 0.185 e. The molecule has 1 atom stereocenters. The van der Waals surface area contributed by atoms with E-state index in [1.54, 1.807) is 12.1 Å². The fraction of sp³-hybridized carbons (Fsp3) is 0.0625. The number of aldehydes is 1. The van der Waals surface area contributed by atoms with Gasteiger partial charge in [0.25, 0.3) is 0 Å². The summed E-state index contributed by atoms with van der Waals surface area (Å²) in [5, 5.41) is 2.18. The van der Waals surface area contributed by atoms with Crippen LogP contribution < -0.4 is 0 Å². The first-order valence-electron chi connectivity index (χ1n) is 6.17. The normalized spacial score (nSPS) is 12.4. The van der Waals surface area contributed by atoms with Gasteiger partial charge in [-0.05, 0) is 35.0 Å². The van der Waals surface area contributed by atoms with Gasteiger partial charge in [-0.3, -0.25) is 9.00 Å². The molecule has 1 unspecified atom stereocenters. The first-order valence-corrected chi connectivity index (χ1v) is 7.49. The first-order chi connectivity index (χ1) is 9.76. The number of hydrogen-bond acceptors (Lipinski definition) is 3. The number of benzene rings is 2. The highest BCUT2D eigenvalue weighted by molar-refractivity contribution is 7.84. The van der Waals surface area contributed by atoms with Crippen LogP contribution in [-0.4, -0.2) is 10.5 Å². The summed E-state index contributed by atoms with van der Waals surface area (Å²) in [5.41, 5.74) is 0. The van der Waals surface area contributed by atoms with E-state index in [1.807, 2.05) is 42.5 Å². The number of fused-ring (bicyclic) bond motifs is 1. The molecule has 3 rings (SSSR count). The van der Waals surface area contributed by atoms with Crippen LogP contribution in [0.4, 0.5) is 0 Å². The second-order valence-corrected chi connectivity index (χ2v) is 5.87. The van der Waals surface area contributed by atoms with Crippen molar-refractivity contribution in [2.24, 2.45) is 0 Å². The Morgan fingerprint density at radius 3 is 2.55 bits per heavy atom. The Balaban J connectivity index is 1.86. The van der Waals surface area contributed by atoms with Crippen LogP contribution in [-0.2, 0) is 16.6 Å². The molecule has 0 saturated carbocycles. The van der Waals surface area contributed by atoms with Crippen molar-refractivity contribution in [1.82, 2.24) is 0 Å². The Morgan fingerprint density at radius 1 is 1.00 bits per heavy atom. The molecule has 0 aliphatic carbocycles. The second-order valence-electron chi connectivity index (χ2n) is 4.42. The van der Waals surface area contributed by atoms with Crippen molar-refractivity contribution in [3.05, 3.63) is 66.1 Å². The zero-order valence-corrected chi connectivity index (χ0v) is 11.4. The minimum Gasteiger partial charge on any atom is -0.457 e. The van der Waals surface area contributed by atoms with E-state index >= 15 is 0 Å². The predicted octanol–water partition coefficient (Wildman–Crippen LogP) is 3.55. The summed E-state index contributed by atoms with van der Waals surface area (Å²) in [6.45, 7) is 0. The lowest BCUT2D eigenvalue weighted by Crippen LogP contribution is -1.95. The lowest BCUT2D eigenvalue weighted by atomic mass is 10.1. The largest absolute Gasteiger partial charge is 0.457 e. The molecule has 0 aliphatic rings. The Hall–Kier alpha value is -2.20. The molecule has 0 spiro atoms. The quantitative estimate of drug-likeness (QED) is 0.688. The van der Waals surface area contributed by atoms with Crippen LogP contribution in [0.1, 0.15) is 16.3 Å². The maximum atomic E-state index is 12.3. The average molecular weight is 284 g/mol. The zero-order chi connectivity index (χ0) is 13.9. The fourth-order valence-electron chi connectivity index (χ4n) is 2.06. The van der Waals surface area contributed by atoms with E-state index in [-0.39, 0.29) is 11.5 Å². The van der Waals surface area contributed by atoms with E-state index in [0.717, 1.165) is 15.7 Å². The molecule has 0 amide bonds. The van der Waals surface area contributed by atoms with Crippen LogP contribution in [0, 0.1) is 0 Å². The lowest BCUT2D eigenvalue weighted by Gasteiger charge is -2.03. The predicted molar refractivity (Wildman–Crippen MR) is 78.2 cm³/mol. The van der Waals surface area contributed by atoms with Crippen molar-refractivity contribution in [3.63, 3.8) is 0 Å². The van der Waals surface area contributed by atoms with Crippen molar-refractivity contribution in [2.75, 3.05) is 0 Å². The molecule has 3 nitrogen and oxygen atoms in total. The molecule has 0 N–H and O–H groups in total. The Bertz CT molecular complexity index is 789. The molecule has 0 saturated heterocycles. The summed E-state index contributed by atoms with van der Waals surface area (Å²) in [6.07, 6.45) is 0.641. The summed E-state index contributed by atoms with van der Waals surface area (Å²) >= 11 is 0. The van der Waals surface area contributed by atoms with E-state index in [1.165, 1.54) is 0 Å². The Kier molecular flexibility index (Phi) is 3.48. The summed E-state index contributed by atoms with van der Waals surface area (Å²) in [6, 6.07) is 17.0. The maximum Gasteiger partial charge on any atom is 0.185 e. The van der Waals surface area contributed by atoms with Gasteiger partial charge < -0.3 is 4.42 Å². The van der Waals surface area contributed by atoms with Crippen LogP contribution >= 0.6 is 0 Å². The van der Waals surface area contributed by atoms with Crippen LogP contribution in [0.25, 0.3) is 10.8 Å². The highest BCUT2D eigenvalue weighted by atomic mass is 32.2. The van der Waals surface area contributed by atoms with Gasteiger partial charge in [0.1, 0.15) is 5.76 Å². The number of rotatable bonds is 4. The molecule has 0 bridgehead atoms. The van der Waals surface area contributed by atoms with E-state index in [4.69, 9.17) is 4.42 Å². The highest BCUT2D eigenvalue weighted by Crippen LogP contribution is 2.20. The molecule has 3 aromatic rings. The van der Waals surface area contributed by atoms with E-state index in [9.17, 15) is 9.00 Å². The standard InChI is InChI=1S/C16H12O3S/c17-10-14-6-7-15(19-14)11-20(18)16-8-5-12-3-1-2-4-13(12)9-16/h1-10H,11H2. The summed E-state index contributed by atoms with van der Waals surface area (Å²) in [4.78, 5) is 11.3. The maximum absolute atomic E-state index is 12.3. The topological polar surface area (TPSA) is 47.3 Å². The van der Waals surface area contributed by atoms with Crippen LogP contribution in [0.2, 0.25) is 0 Å². The van der Waals surface area contributed by atoms with E-state index < -0.39 is 10.8 Å². The minimum absolute atomic E-state index is 0.260. The molecule has 0 radical (unpaired) electrons. The molecule has 1 heterocycles. The summed E-state index contributed by atoms with van der Waals surface area (Å²) in [7, 11) is -1.19. The summed E-state index contributed by atoms with van der Waals surface area (Å²) in [5.74, 6) is 1.08. The van der Waals surface area contributed by atoms with Gasteiger partial charge >= 0.3 is 0 Å². The number of carbonyl (C=O) groups excluding carboxylic acids is 1. The highest BCUT2D eigenvalue weighted by Gasteiger charge is 2.09. The second kappa shape index (κ2) is 5.43. The van der Waals surface area contributed by atoms with Crippen LogP contribution in [0.5, 0.6) is 0 Å². The Labute approximate surface area is 118 Å². The van der Waals surface area contributed by atoms with Crippen molar-refractivity contribution >= 4 is 27.9 Å². The van der Waals surface area contributed by atoms with E-state index in [0.29, 0.717) is 12.0 Å². The molecular weight excluding hydrogens is 272 g/mol. The van der Waals surface area contributed by atoms with E-state index in [2.05, 4.69) is 0 Å². The Morgan fingerprint density at radius 2 is 1.80 bits per heavy atom. The SMILES string of the molecule is O=Cc1ccc(CS(=O)c2ccc3ccccc3c2)o1. The van der Waals surface area contributed by atoms with Crippen molar-refractivity contribution in [2.45, 2.75) is 10.6 Å². The van der Waals surface area contributed by atoms with Gasteiger partial charge in [-0.15, -0.1) is 0 Å². The van der Waals surface area contributed by atoms with Crippen LogP contribution in [0.15, 0.2) is 63.9 Å². The molecule has 4 heteroatoms. The molecule has 0 fully saturated rings. The lowest BCUT2D eigenvalue weighted by molar-refractivity contribution is 0.109. The van der Waals surface area contributed by atoms with Crippen molar-refractivity contribution < 1.29 is 13.4 Å². The van der Waals surface area contributed by atoms with Gasteiger partial charge in [0.2, 0.25) is 0 Å². The number of carbonyl (C=O) groups is 1. The minimum atomic E-state index is -1.19. The van der Waals surface area contributed by atoms with Gasteiger partial charge in [-0.2, -0.15) is 0 Å². The number of furan rings is 1. The van der Waals surface area contributed by atoms with Crippen molar-refractivity contribution in [1.29, 1.82) is 0 Å².